The Morgan fingerprint density at radius 3 is 3.00 bits per heavy atom. The molecule has 0 aliphatic heterocycles. The quantitative estimate of drug-likeness (QED) is 0.641. The summed E-state index contributed by atoms with van der Waals surface area (Å²) in [6, 6.07) is 1.99. The smallest absolute Gasteiger partial charge is 0.126 e. The van der Waals surface area contributed by atoms with Crippen LogP contribution < -0.4 is 0 Å². The normalized spacial score (nSPS) is 19.6. The molecule has 2 rings (SSSR count). The van der Waals surface area contributed by atoms with E-state index in [2.05, 4.69) is 4.37 Å². The number of hydrogen-bond acceptors (Lipinski definition) is 3. The molecule has 11 heavy (non-hydrogen) atoms. The van der Waals surface area contributed by atoms with E-state index in [-0.39, 0.29) is 5.41 Å². The van der Waals surface area contributed by atoms with Gasteiger partial charge in [-0.05, 0) is 36.9 Å². The van der Waals surface area contributed by atoms with Crippen molar-refractivity contribution in [3.8, 4) is 0 Å². The van der Waals surface area contributed by atoms with Gasteiger partial charge < -0.3 is 4.79 Å². The Morgan fingerprint density at radius 2 is 2.55 bits per heavy atom. The van der Waals surface area contributed by atoms with E-state index in [4.69, 9.17) is 0 Å². The summed E-state index contributed by atoms with van der Waals surface area (Å²) in [6.45, 7) is 0. The zero-order valence-corrected chi connectivity index (χ0v) is 6.93. The SMILES string of the molecule is O=CC1(Cc2ccns2)CC1. The van der Waals surface area contributed by atoms with Crippen molar-refractivity contribution in [2.24, 2.45) is 5.41 Å². The van der Waals surface area contributed by atoms with Crippen molar-refractivity contribution < 1.29 is 4.79 Å². The van der Waals surface area contributed by atoms with Crippen LogP contribution in [0.3, 0.4) is 0 Å². The highest BCUT2D eigenvalue weighted by Gasteiger charge is 2.42. The van der Waals surface area contributed by atoms with Crippen molar-refractivity contribution in [1.82, 2.24) is 4.37 Å². The highest BCUT2D eigenvalue weighted by atomic mass is 32.1. The van der Waals surface area contributed by atoms with Crippen molar-refractivity contribution in [2.75, 3.05) is 0 Å². The summed E-state index contributed by atoms with van der Waals surface area (Å²) in [4.78, 5) is 11.8. The van der Waals surface area contributed by atoms with Gasteiger partial charge in [0.1, 0.15) is 6.29 Å². The molecule has 1 aliphatic carbocycles. The molecular weight excluding hydrogens is 158 g/mol. The number of nitrogens with zero attached hydrogens (tertiary/aromatic N) is 1. The number of aromatic nitrogens is 1. The number of carbonyl (C=O) groups excluding carboxylic acids is 1. The number of aldehydes is 1. The van der Waals surface area contributed by atoms with Crippen molar-refractivity contribution in [3.63, 3.8) is 0 Å². The molecule has 0 N–H and O–H groups in total. The zero-order valence-electron chi connectivity index (χ0n) is 6.12. The second kappa shape index (κ2) is 2.41. The van der Waals surface area contributed by atoms with Crippen LogP contribution in [0.15, 0.2) is 12.3 Å². The molecule has 3 heteroatoms. The van der Waals surface area contributed by atoms with E-state index in [9.17, 15) is 4.79 Å². The van der Waals surface area contributed by atoms with Gasteiger partial charge in [-0.2, -0.15) is 0 Å². The summed E-state index contributed by atoms with van der Waals surface area (Å²) in [6.07, 6.45) is 5.93. The fourth-order valence-corrected chi connectivity index (χ4v) is 1.91. The first-order valence-corrected chi connectivity index (χ1v) is 4.48. The summed E-state index contributed by atoms with van der Waals surface area (Å²) in [7, 11) is 0. The van der Waals surface area contributed by atoms with Crippen molar-refractivity contribution in [3.05, 3.63) is 17.1 Å². The van der Waals surface area contributed by atoms with Crippen LogP contribution in [0.25, 0.3) is 0 Å². The molecule has 0 spiro atoms. The zero-order chi connectivity index (χ0) is 7.73. The Balaban J connectivity index is 2.06. The molecule has 0 unspecified atom stereocenters. The van der Waals surface area contributed by atoms with E-state index < -0.39 is 0 Å². The molecule has 1 aliphatic rings. The van der Waals surface area contributed by atoms with E-state index in [0.29, 0.717) is 0 Å². The van der Waals surface area contributed by atoms with Gasteiger partial charge in [0.15, 0.2) is 0 Å². The molecule has 2 nitrogen and oxygen atoms in total. The van der Waals surface area contributed by atoms with Crippen molar-refractivity contribution in [2.45, 2.75) is 19.3 Å². The number of rotatable bonds is 3. The average molecular weight is 167 g/mol. The van der Waals surface area contributed by atoms with Crippen LogP contribution in [-0.2, 0) is 11.2 Å². The molecule has 1 saturated carbocycles. The minimum atomic E-state index is 0.00648. The summed E-state index contributed by atoms with van der Waals surface area (Å²) >= 11 is 1.50. The minimum absolute atomic E-state index is 0.00648. The molecule has 0 bridgehead atoms. The summed E-state index contributed by atoms with van der Waals surface area (Å²) < 4.78 is 3.99. The molecule has 1 aromatic rings. The molecule has 0 radical (unpaired) electrons. The second-order valence-electron chi connectivity index (χ2n) is 3.14. The van der Waals surface area contributed by atoms with E-state index >= 15 is 0 Å². The summed E-state index contributed by atoms with van der Waals surface area (Å²) in [5, 5.41) is 0. The monoisotopic (exact) mass is 167 g/mol. The number of hydrogen-bond donors (Lipinski definition) is 0. The van der Waals surface area contributed by atoms with Gasteiger partial charge in [-0.25, -0.2) is 4.37 Å². The molecule has 0 saturated heterocycles. The molecule has 1 fully saturated rings. The Kier molecular flexibility index (Phi) is 1.53. The maximum Gasteiger partial charge on any atom is 0.126 e. The van der Waals surface area contributed by atoms with Crippen LogP contribution in [0.2, 0.25) is 0 Å². The van der Waals surface area contributed by atoms with Crippen LogP contribution in [0.1, 0.15) is 17.7 Å². The van der Waals surface area contributed by atoms with E-state index in [1.165, 1.54) is 16.4 Å². The fourth-order valence-electron chi connectivity index (χ4n) is 1.18. The Labute approximate surface area is 69.4 Å². The van der Waals surface area contributed by atoms with Crippen LogP contribution in [0.4, 0.5) is 0 Å². The van der Waals surface area contributed by atoms with Crippen molar-refractivity contribution in [1.29, 1.82) is 0 Å². The van der Waals surface area contributed by atoms with Crippen molar-refractivity contribution >= 4 is 17.8 Å². The molecule has 1 heterocycles. The van der Waals surface area contributed by atoms with Gasteiger partial charge in [-0.1, -0.05) is 0 Å². The second-order valence-corrected chi connectivity index (χ2v) is 4.05. The lowest BCUT2D eigenvalue weighted by molar-refractivity contribution is -0.112. The van der Waals surface area contributed by atoms with Crippen LogP contribution in [-0.4, -0.2) is 10.7 Å². The summed E-state index contributed by atoms with van der Waals surface area (Å²) in [5.74, 6) is 0. The van der Waals surface area contributed by atoms with Gasteiger partial charge in [0.2, 0.25) is 0 Å². The lowest BCUT2D eigenvalue weighted by Crippen LogP contribution is -2.04. The Bertz CT molecular complexity index is 251. The lowest BCUT2D eigenvalue weighted by atomic mass is 10.0. The molecule has 58 valence electrons. The van der Waals surface area contributed by atoms with Crippen LogP contribution >= 0.6 is 11.5 Å². The third kappa shape index (κ3) is 1.33. The largest absolute Gasteiger partial charge is 0.303 e. The van der Waals surface area contributed by atoms with Gasteiger partial charge in [-0.3, -0.25) is 0 Å². The van der Waals surface area contributed by atoms with E-state index in [0.717, 1.165) is 25.5 Å². The van der Waals surface area contributed by atoms with Gasteiger partial charge in [0.25, 0.3) is 0 Å². The molecule has 0 aromatic carbocycles. The predicted molar refractivity (Wildman–Crippen MR) is 43.5 cm³/mol. The Morgan fingerprint density at radius 1 is 1.73 bits per heavy atom. The predicted octanol–water partition coefficient (Wildman–Crippen LogP) is 1.66. The molecule has 1 aromatic heterocycles. The van der Waals surface area contributed by atoms with Gasteiger partial charge in [0, 0.05) is 16.5 Å². The third-order valence-electron chi connectivity index (χ3n) is 2.16. The maximum atomic E-state index is 10.6. The van der Waals surface area contributed by atoms with Gasteiger partial charge in [-0.15, -0.1) is 0 Å². The molecule has 0 amide bonds. The minimum Gasteiger partial charge on any atom is -0.303 e. The fraction of sp³-hybridized carbons (Fsp3) is 0.500. The van der Waals surface area contributed by atoms with E-state index in [1.54, 1.807) is 6.20 Å². The highest BCUT2D eigenvalue weighted by Crippen LogP contribution is 2.46. The molecule has 0 atom stereocenters. The standard InChI is InChI=1S/C8H9NOS/c10-6-8(2-3-8)5-7-1-4-9-11-7/h1,4,6H,2-3,5H2. The lowest BCUT2D eigenvalue weighted by Gasteiger charge is -2.01. The first kappa shape index (κ1) is 6.98. The summed E-state index contributed by atoms with van der Waals surface area (Å²) in [5.41, 5.74) is 0.00648. The van der Waals surface area contributed by atoms with Gasteiger partial charge >= 0.3 is 0 Å². The average Bonchev–Trinajstić information content (AvgIpc) is 2.59. The topological polar surface area (TPSA) is 30.0 Å². The first-order valence-electron chi connectivity index (χ1n) is 3.71. The first-order chi connectivity index (χ1) is 5.35. The van der Waals surface area contributed by atoms with Gasteiger partial charge in [0.05, 0.1) is 0 Å². The Hall–Kier alpha value is -0.700. The van der Waals surface area contributed by atoms with E-state index in [1.807, 2.05) is 6.07 Å². The highest BCUT2D eigenvalue weighted by molar-refractivity contribution is 7.05. The third-order valence-corrected chi connectivity index (χ3v) is 2.90. The number of carbonyl (C=O) groups is 1. The van der Waals surface area contributed by atoms with Crippen LogP contribution in [0, 0.1) is 5.41 Å². The van der Waals surface area contributed by atoms with Crippen LogP contribution in [0.5, 0.6) is 0 Å². The maximum absolute atomic E-state index is 10.6. The molecular formula is C8H9NOS.